The van der Waals surface area contributed by atoms with Gasteiger partial charge in [-0.05, 0) is 6.07 Å². The molecule has 1 aliphatic rings. The first-order chi connectivity index (χ1) is 16.0. The number of aromatic nitrogens is 4. The van der Waals surface area contributed by atoms with Gasteiger partial charge in [0, 0.05) is 37.8 Å². The minimum atomic E-state index is -3.05. The van der Waals surface area contributed by atoms with Gasteiger partial charge in [-0.2, -0.15) is 4.98 Å². The van der Waals surface area contributed by atoms with E-state index < -0.39 is 42.0 Å². The van der Waals surface area contributed by atoms with Crippen molar-refractivity contribution in [3.63, 3.8) is 0 Å². The number of carboxylic acid groups (broad SMARTS) is 1. The Morgan fingerprint density at radius 2 is 2.15 bits per heavy atom. The second kappa shape index (κ2) is 8.52. The van der Waals surface area contributed by atoms with Crippen molar-refractivity contribution in [1.29, 1.82) is 0 Å². The molecule has 3 aromatic rings. The van der Waals surface area contributed by atoms with Gasteiger partial charge in [-0.3, -0.25) is 4.57 Å². The van der Waals surface area contributed by atoms with Crippen LogP contribution in [0.15, 0.2) is 23.1 Å². The maximum absolute atomic E-state index is 14.5. The molecule has 4 rings (SSSR count). The van der Waals surface area contributed by atoms with Crippen LogP contribution in [-0.4, -0.2) is 62.3 Å². The molecule has 2 unspecified atom stereocenters. The van der Waals surface area contributed by atoms with E-state index in [1.165, 1.54) is 35.6 Å². The molecule has 182 valence electrons. The summed E-state index contributed by atoms with van der Waals surface area (Å²) in [5.41, 5.74) is 6.03. The number of aryl methyl sites for hydroxylation is 1. The number of piperidine rings is 1. The smallest absolute Gasteiger partial charge is 0.341 e. The van der Waals surface area contributed by atoms with E-state index in [4.69, 9.17) is 15.6 Å². The van der Waals surface area contributed by atoms with Crippen molar-refractivity contribution in [1.82, 2.24) is 19.5 Å². The van der Waals surface area contributed by atoms with Gasteiger partial charge in [0.05, 0.1) is 17.8 Å². The number of halogens is 3. The normalized spacial score (nSPS) is 19.9. The molecular weight excluding hydrogens is 459 g/mol. The lowest BCUT2D eigenvalue weighted by Crippen LogP contribution is -2.60. The van der Waals surface area contributed by atoms with Crippen LogP contribution in [0.1, 0.15) is 6.92 Å². The summed E-state index contributed by atoms with van der Waals surface area (Å²) < 4.78 is 49.2. The van der Waals surface area contributed by atoms with Crippen LogP contribution in [-0.2, 0) is 11.8 Å². The largest absolute Gasteiger partial charge is 0.480 e. The molecule has 1 saturated heterocycles. The maximum atomic E-state index is 14.5. The van der Waals surface area contributed by atoms with E-state index in [0.717, 1.165) is 6.20 Å². The van der Waals surface area contributed by atoms with E-state index >= 15 is 0 Å². The number of anilines is 3. The number of carboxylic acids is 1. The molecule has 34 heavy (non-hydrogen) atoms. The van der Waals surface area contributed by atoms with Gasteiger partial charge in [-0.1, -0.05) is 6.92 Å². The van der Waals surface area contributed by atoms with E-state index in [-0.39, 0.29) is 36.3 Å². The molecule has 14 heteroatoms. The molecule has 11 nitrogen and oxygen atoms in total. The van der Waals surface area contributed by atoms with Crippen LogP contribution >= 0.6 is 0 Å². The van der Waals surface area contributed by atoms with Gasteiger partial charge in [0.1, 0.15) is 11.3 Å². The van der Waals surface area contributed by atoms with E-state index in [1.807, 2.05) is 0 Å². The maximum Gasteiger partial charge on any atom is 0.341 e. The molecule has 0 spiro atoms. The van der Waals surface area contributed by atoms with Crippen molar-refractivity contribution in [3.8, 4) is 5.75 Å². The Morgan fingerprint density at radius 1 is 1.41 bits per heavy atom. The Labute approximate surface area is 190 Å². The molecule has 2 aromatic heterocycles. The van der Waals surface area contributed by atoms with Crippen LogP contribution in [0, 0.1) is 11.7 Å². The molecule has 1 fully saturated rings. The Bertz CT molecular complexity index is 1300. The lowest BCUT2D eigenvalue weighted by Gasteiger charge is -2.40. The Balaban J connectivity index is 1.67. The second-order valence-electron chi connectivity index (χ2n) is 8.12. The summed E-state index contributed by atoms with van der Waals surface area (Å²) in [6, 6.07) is 1.44. The number of ether oxygens (including phenoxy) is 1. The number of carbonyl (C=O) groups is 1. The van der Waals surface area contributed by atoms with Gasteiger partial charge in [0.15, 0.2) is 18.2 Å². The number of aliphatic carboxylic acids is 1. The molecule has 3 heterocycles. The van der Waals surface area contributed by atoms with Crippen LogP contribution < -0.4 is 26.4 Å². The van der Waals surface area contributed by atoms with Gasteiger partial charge in [-0.25, -0.2) is 27.7 Å². The van der Waals surface area contributed by atoms with Crippen LogP contribution in [0.5, 0.6) is 5.75 Å². The van der Waals surface area contributed by atoms with Crippen molar-refractivity contribution in [2.45, 2.75) is 18.9 Å². The van der Waals surface area contributed by atoms with E-state index in [1.54, 1.807) is 0 Å². The molecule has 1 aromatic carbocycles. The SMILES string of the molecule is CC1CN(c2ncc(F)c(Nc3cc(OCC(=O)O)c4c(c3)[nH]c(=O)n4C)n2)CC(N)C1(F)F. The third-order valence-electron chi connectivity index (χ3n) is 5.65. The van der Waals surface area contributed by atoms with Crippen LogP contribution in [0.2, 0.25) is 0 Å². The Kier molecular flexibility index (Phi) is 5.85. The molecule has 0 bridgehead atoms. The van der Waals surface area contributed by atoms with Gasteiger partial charge in [0.2, 0.25) is 5.95 Å². The number of hydrogen-bond donors (Lipinski definition) is 4. The highest BCUT2D eigenvalue weighted by Gasteiger charge is 2.48. The third kappa shape index (κ3) is 4.23. The average Bonchev–Trinajstić information content (AvgIpc) is 3.05. The Hall–Kier alpha value is -3.81. The molecule has 1 aliphatic heterocycles. The van der Waals surface area contributed by atoms with Crippen LogP contribution in [0.25, 0.3) is 11.0 Å². The standard InChI is InChI=1S/C20H22F3N7O4/c1-9-6-30(7-14(24)20(9,22)23)18-25-5-11(21)17(28-18)26-10-3-12-16(29(2)19(33)27-12)13(4-10)34-8-15(31)32/h3-5,9,14H,6-8,24H2,1-2H3,(H,27,33)(H,31,32)(H,25,26,28). The summed E-state index contributed by atoms with van der Waals surface area (Å²) >= 11 is 0. The number of aromatic amines is 1. The lowest BCUT2D eigenvalue weighted by atomic mass is 9.92. The number of imidazole rings is 1. The Morgan fingerprint density at radius 3 is 2.82 bits per heavy atom. The molecule has 5 N–H and O–H groups in total. The first-order valence-electron chi connectivity index (χ1n) is 10.2. The van der Waals surface area contributed by atoms with E-state index in [0.29, 0.717) is 11.0 Å². The minimum absolute atomic E-state index is 0.0123. The van der Waals surface area contributed by atoms with Gasteiger partial charge < -0.3 is 30.8 Å². The fourth-order valence-electron chi connectivity index (χ4n) is 3.82. The first-order valence-corrected chi connectivity index (χ1v) is 10.2. The number of fused-ring (bicyclic) bond motifs is 1. The van der Waals surface area contributed by atoms with E-state index in [9.17, 15) is 22.8 Å². The van der Waals surface area contributed by atoms with Crippen LogP contribution in [0.3, 0.4) is 0 Å². The molecule has 0 radical (unpaired) electrons. The average molecular weight is 481 g/mol. The number of nitrogens with two attached hydrogens (primary N) is 1. The predicted molar refractivity (Wildman–Crippen MR) is 116 cm³/mol. The summed E-state index contributed by atoms with van der Waals surface area (Å²) in [5, 5.41) is 11.7. The number of benzene rings is 1. The van der Waals surface area contributed by atoms with Crippen molar-refractivity contribution < 1.29 is 27.8 Å². The fraction of sp³-hybridized carbons (Fsp3) is 0.400. The summed E-state index contributed by atoms with van der Waals surface area (Å²) in [6.45, 7) is 0.411. The van der Waals surface area contributed by atoms with Crippen LogP contribution in [0.4, 0.5) is 30.6 Å². The number of hydrogen-bond acceptors (Lipinski definition) is 8. The zero-order chi connectivity index (χ0) is 24.8. The zero-order valence-corrected chi connectivity index (χ0v) is 18.2. The molecular formula is C20H22F3N7O4. The van der Waals surface area contributed by atoms with Gasteiger partial charge in [-0.15, -0.1) is 0 Å². The van der Waals surface area contributed by atoms with Crippen molar-refractivity contribution in [3.05, 3.63) is 34.6 Å². The van der Waals surface area contributed by atoms with Crippen molar-refractivity contribution in [2.75, 3.05) is 29.9 Å². The highest BCUT2D eigenvalue weighted by Crippen LogP contribution is 2.34. The number of nitrogens with zero attached hydrogens (tertiary/aromatic N) is 4. The molecule has 0 saturated carbocycles. The number of H-pyrrole nitrogens is 1. The summed E-state index contributed by atoms with van der Waals surface area (Å²) in [6.07, 6.45) is 0.901. The van der Waals surface area contributed by atoms with Gasteiger partial charge >= 0.3 is 11.7 Å². The second-order valence-corrected chi connectivity index (χ2v) is 8.12. The first kappa shape index (κ1) is 23.4. The number of rotatable bonds is 6. The highest BCUT2D eigenvalue weighted by molar-refractivity contribution is 5.87. The molecule has 0 amide bonds. The minimum Gasteiger partial charge on any atom is -0.480 e. The quantitative estimate of drug-likeness (QED) is 0.410. The lowest BCUT2D eigenvalue weighted by molar-refractivity contribution is -0.139. The number of nitrogens with one attached hydrogen (secondary N) is 2. The summed E-state index contributed by atoms with van der Waals surface area (Å²) in [5.74, 6) is -6.34. The molecule has 2 atom stereocenters. The third-order valence-corrected chi connectivity index (χ3v) is 5.65. The topological polar surface area (TPSA) is 151 Å². The summed E-state index contributed by atoms with van der Waals surface area (Å²) in [7, 11) is 1.48. The van der Waals surface area contributed by atoms with Crippen molar-refractivity contribution in [2.24, 2.45) is 18.7 Å². The zero-order valence-electron chi connectivity index (χ0n) is 18.2. The summed E-state index contributed by atoms with van der Waals surface area (Å²) in [4.78, 5) is 35.1. The van der Waals surface area contributed by atoms with Crippen molar-refractivity contribution >= 4 is 34.5 Å². The monoisotopic (exact) mass is 481 g/mol. The van der Waals surface area contributed by atoms with Gasteiger partial charge in [0.25, 0.3) is 5.92 Å². The fourth-order valence-corrected chi connectivity index (χ4v) is 3.82. The van der Waals surface area contributed by atoms with E-state index in [2.05, 4.69) is 20.3 Å². The predicted octanol–water partition coefficient (Wildman–Crippen LogP) is 1.42. The number of alkyl halides is 2. The molecule has 0 aliphatic carbocycles. The highest BCUT2D eigenvalue weighted by atomic mass is 19.3.